The second-order valence-electron chi connectivity index (χ2n) is 3.22. The van der Waals surface area contributed by atoms with Crippen LogP contribution in [-0.4, -0.2) is 20.5 Å². The highest BCUT2D eigenvalue weighted by atomic mass is 32.2. The smallest absolute Gasteiger partial charge is 0.247 e. The lowest BCUT2D eigenvalue weighted by Crippen LogP contribution is -2.09. The van der Waals surface area contributed by atoms with E-state index in [0.717, 1.165) is 21.8 Å². The van der Waals surface area contributed by atoms with Gasteiger partial charge in [-0.1, -0.05) is 0 Å². The molecule has 0 aliphatic heterocycles. The lowest BCUT2D eigenvalue weighted by molar-refractivity contribution is 0.400. The second-order valence-corrected chi connectivity index (χ2v) is 6.10. The van der Waals surface area contributed by atoms with Gasteiger partial charge in [0.1, 0.15) is 4.21 Å². The van der Waals surface area contributed by atoms with Crippen LogP contribution in [0.2, 0.25) is 0 Å². The Morgan fingerprint density at radius 2 is 2.12 bits per heavy atom. The molecule has 0 spiro atoms. The van der Waals surface area contributed by atoms with Crippen molar-refractivity contribution in [3.8, 4) is 16.3 Å². The molecule has 0 amide bonds. The third-order valence-electron chi connectivity index (χ3n) is 2.09. The summed E-state index contributed by atoms with van der Waals surface area (Å²) in [7, 11) is -2.14. The van der Waals surface area contributed by atoms with Crippen LogP contribution < -0.4 is 9.88 Å². The molecule has 90 valence electrons. The van der Waals surface area contributed by atoms with Crippen LogP contribution in [0.1, 0.15) is 0 Å². The molecule has 2 N–H and O–H groups in total. The minimum absolute atomic E-state index is 0.124. The van der Waals surface area contributed by atoms with E-state index in [9.17, 15) is 8.42 Å². The van der Waals surface area contributed by atoms with Crippen molar-refractivity contribution in [3.63, 3.8) is 0 Å². The Balaban J connectivity index is 2.51. The molecule has 0 unspecified atom stereocenters. The number of hydrogen-bond acceptors (Lipinski definition) is 5. The van der Waals surface area contributed by atoms with Crippen LogP contribution in [0.3, 0.4) is 0 Å². The predicted octanol–water partition coefficient (Wildman–Crippen LogP) is 1.47. The summed E-state index contributed by atoms with van der Waals surface area (Å²) in [6.07, 6.45) is 1.61. The minimum Gasteiger partial charge on any atom is -0.481 e. The van der Waals surface area contributed by atoms with Crippen LogP contribution in [0.4, 0.5) is 0 Å². The van der Waals surface area contributed by atoms with Crippen LogP contribution in [0.25, 0.3) is 10.4 Å². The highest BCUT2D eigenvalue weighted by Gasteiger charge is 2.14. The SMILES string of the molecule is COc1ncccc1-c1ccc(S(N)(=O)=O)s1. The number of nitrogens with two attached hydrogens (primary N) is 1. The summed E-state index contributed by atoms with van der Waals surface area (Å²) in [4.78, 5) is 4.80. The first-order valence-electron chi connectivity index (χ1n) is 4.64. The first kappa shape index (κ1) is 12.0. The Hall–Kier alpha value is -1.44. The average molecular weight is 270 g/mol. The largest absolute Gasteiger partial charge is 0.481 e. The molecular formula is C10H10N2O3S2. The van der Waals surface area contributed by atoms with Gasteiger partial charge in [0.2, 0.25) is 15.9 Å². The number of aromatic nitrogens is 1. The maximum atomic E-state index is 11.2. The van der Waals surface area contributed by atoms with Gasteiger partial charge in [-0.2, -0.15) is 0 Å². The van der Waals surface area contributed by atoms with Gasteiger partial charge < -0.3 is 4.74 Å². The first-order chi connectivity index (χ1) is 8.02. The molecule has 0 radical (unpaired) electrons. The summed E-state index contributed by atoms with van der Waals surface area (Å²) < 4.78 is 27.6. The van der Waals surface area contributed by atoms with Gasteiger partial charge in [-0.3, -0.25) is 0 Å². The molecule has 0 fully saturated rings. The van der Waals surface area contributed by atoms with E-state index in [2.05, 4.69) is 4.98 Å². The number of ether oxygens (including phenoxy) is 1. The zero-order valence-electron chi connectivity index (χ0n) is 8.95. The van der Waals surface area contributed by atoms with Crippen molar-refractivity contribution in [2.45, 2.75) is 4.21 Å². The fraction of sp³-hybridized carbons (Fsp3) is 0.100. The monoisotopic (exact) mass is 270 g/mol. The lowest BCUT2D eigenvalue weighted by atomic mass is 10.2. The van der Waals surface area contributed by atoms with Crippen LogP contribution in [0.5, 0.6) is 5.88 Å². The summed E-state index contributed by atoms with van der Waals surface area (Å²) in [6, 6.07) is 6.73. The van der Waals surface area contributed by atoms with Gasteiger partial charge >= 0.3 is 0 Å². The number of hydrogen-bond donors (Lipinski definition) is 1. The third-order valence-corrected chi connectivity index (χ3v) is 4.65. The molecule has 0 saturated carbocycles. The molecule has 2 aromatic heterocycles. The highest BCUT2D eigenvalue weighted by molar-refractivity contribution is 7.91. The minimum atomic E-state index is -3.65. The molecule has 0 aliphatic rings. The van der Waals surface area contributed by atoms with E-state index < -0.39 is 10.0 Å². The molecule has 0 atom stereocenters. The summed E-state index contributed by atoms with van der Waals surface area (Å²) in [5.74, 6) is 0.454. The van der Waals surface area contributed by atoms with E-state index in [1.54, 1.807) is 18.3 Å². The number of sulfonamides is 1. The van der Waals surface area contributed by atoms with Gasteiger partial charge in [0.25, 0.3) is 0 Å². The van der Waals surface area contributed by atoms with E-state index in [-0.39, 0.29) is 4.21 Å². The van der Waals surface area contributed by atoms with Crippen molar-refractivity contribution < 1.29 is 13.2 Å². The molecule has 5 nitrogen and oxygen atoms in total. The quantitative estimate of drug-likeness (QED) is 0.915. The molecule has 2 aromatic rings. The molecule has 0 saturated heterocycles. The summed E-state index contributed by atoms with van der Waals surface area (Å²) in [5.41, 5.74) is 0.745. The Bertz CT molecular complexity index is 635. The van der Waals surface area contributed by atoms with Crippen molar-refractivity contribution in [1.29, 1.82) is 0 Å². The van der Waals surface area contributed by atoms with E-state index in [1.807, 2.05) is 6.07 Å². The van der Waals surface area contributed by atoms with Crippen LogP contribution in [0.15, 0.2) is 34.7 Å². The molecule has 2 rings (SSSR count). The second kappa shape index (κ2) is 4.44. The van der Waals surface area contributed by atoms with Gasteiger partial charge in [-0.05, 0) is 24.3 Å². The average Bonchev–Trinajstić information content (AvgIpc) is 2.77. The van der Waals surface area contributed by atoms with Crippen molar-refractivity contribution in [3.05, 3.63) is 30.5 Å². The third kappa shape index (κ3) is 2.46. The van der Waals surface area contributed by atoms with Crippen molar-refractivity contribution >= 4 is 21.4 Å². The predicted molar refractivity (Wildman–Crippen MR) is 65.5 cm³/mol. The lowest BCUT2D eigenvalue weighted by Gasteiger charge is -2.03. The zero-order chi connectivity index (χ0) is 12.5. The normalized spacial score (nSPS) is 11.4. The molecule has 0 bridgehead atoms. The Kier molecular flexibility index (Phi) is 3.14. The van der Waals surface area contributed by atoms with Crippen LogP contribution in [0, 0.1) is 0 Å². The van der Waals surface area contributed by atoms with Gasteiger partial charge in [0, 0.05) is 11.1 Å². The van der Waals surface area contributed by atoms with E-state index in [4.69, 9.17) is 9.88 Å². The van der Waals surface area contributed by atoms with Crippen LogP contribution in [-0.2, 0) is 10.0 Å². The van der Waals surface area contributed by atoms with E-state index in [0.29, 0.717) is 5.88 Å². The number of methoxy groups -OCH3 is 1. The molecule has 17 heavy (non-hydrogen) atoms. The van der Waals surface area contributed by atoms with Crippen molar-refractivity contribution in [1.82, 2.24) is 4.98 Å². The molecular weight excluding hydrogens is 260 g/mol. The number of rotatable bonds is 3. The number of thiophene rings is 1. The fourth-order valence-electron chi connectivity index (χ4n) is 1.36. The number of pyridine rings is 1. The van der Waals surface area contributed by atoms with Crippen LogP contribution >= 0.6 is 11.3 Å². The van der Waals surface area contributed by atoms with Gasteiger partial charge in [-0.15, -0.1) is 11.3 Å². The molecule has 2 heterocycles. The maximum Gasteiger partial charge on any atom is 0.247 e. The van der Waals surface area contributed by atoms with Crippen molar-refractivity contribution in [2.75, 3.05) is 7.11 Å². The molecule has 0 aliphatic carbocycles. The summed E-state index contributed by atoms with van der Waals surface area (Å²) in [6.45, 7) is 0. The standard InChI is InChI=1S/C10H10N2O3S2/c1-15-10-7(3-2-6-12-10)8-4-5-9(16-8)17(11,13)14/h2-6H,1H3,(H2,11,13,14). The first-order valence-corrected chi connectivity index (χ1v) is 7.00. The summed E-state index contributed by atoms with van der Waals surface area (Å²) >= 11 is 1.09. The number of primary sulfonamides is 1. The van der Waals surface area contributed by atoms with Crippen molar-refractivity contribution in [2.24, 2.45) is 5.14 Å². The number of nitrogens with zero attached hydrogens (tertiary/aromatic N) is 1. The van der Waals surface area contributed by atoms with Gasteiger partial charge in [0.05, 0.1) is 12.7 Å². The van der Waals surface area contributed by atoms with Gasteiger partial charge in [-0.25, -0.2) is 18.5 Å². The fourth-order valence-corrected chi connectivity index (χ4v) is 3.10. The van der Waals surface area contributed by atoms with E-state index >= 15 is 0 Å². The summed E-state index contributed by atoms with van der Waals surface area (Å²) in [5, 5.41) is 5.05. The van der Waals surface area contributed by atoms with E-state index in [1.165, 1.54) is 13.2 Å². The molecule has 0 aromatic carbocycles. The maximum absolute atomic E-state index is 11.2. The Morgan fingerprint density at radius 3 is 2.71 bits per heavy atom. The van der Waals surface area contributed by atoms with Gasteiger partial charge in [0.15, 0.2) is 0 Å². The highest BCUT2D eigenvalue weighted by Crippen LogP contribution is 2.34. The topological polar surface area (TPSA) is 82.3 Å². The Morgan fingerprint density at radius 1 is 1.35 bits per heavy atom. The molecule has 7 heteroatoms. The Labute approximate surface area is 103 Å². The zero-order valence-corrected chi connectivity index (χ0v) is 10.6.